The summed E-state index contributed by atoms with van der Waals surface area (Å²) in [6.45, 7) is 2.22. The molecule has 1 fully saturated rings. The van der Waals surface area contributed by atoms with Gasteiger partial charge in [-0.05, 0) is 31.9 Å². The minimum Gasteiger partial charge on any atom is -0.347 e. The number of nitrogens with zero attached hydrogens (tertiary/aromatic N) is 1. The lowest BCUT2D eigenvalue weighted by Crippen LogP contribution is -2.21. The summed E-state index contributed by atoms with van der Waals surface area (Å²) >= 11 is 3.45. The molecule has 1 aliphatic rings. The topological polar surface area (TPSA) is 40.7 Å². The highest BCUT2D eigenvalue weighted by atomic mass is 79.9. The second-order valence-corrected chi connectivity index (χ2v) is 5.79. The van der Waals surface area contributed by atoms with Crippen LogP contribution in [0.4, 0.5) is 0 Å². The van der Waals surface area contributed by atoms with E-state index >= 15 is 0 Å². The van der Waals surface area contributed by atoms with Crippen molar-refractivity contribution in [2.24, 2.45) is 0 Å². The Morgan fingerprint density at radius 1 is 1.22 bits per heavy atom. The zero-order chi connectivity index (χ0) is 12.5. The molecule has 1 aliphatic heterocycles. The molecular formula is C14H16BrN3. The second-order valence-electron chi connectivity index (χ2n) is 4.88. The second kappa shape index (κ2) is 4.86. The number of imidazole rings is 1. The van der Waals surface area contributed by atoms with Gasteiger partial charge in [0.05, 0.1) is 11.7 Å². The van der Waals surface area contributed by atoms with Crippen molar-refractivity contribution >= 4 is 15.9 Å². The van der Waals surface area contributed by atoms with Gasteiger partial charge < -0.3 is 10.3 Å². The summed E-state index contributed by atoms with van der Waals surface area (Å²) in [5.41, 5.74) is 2.16. The highest BCUT2D eigenvalue weighted by Crippen LogP contribution is 2.26. The molecule has 0 radical (unpaired) electrons. The molecule has 18 heavy (non-hydrogen) atoms. The first kappa shape index (κ1) is 11.9. The smallest absolute Gasteiger partial charge is 0.124 e. The first-order valence-corrected chi connectivity index (χ1v) is 7.09. The predicted octanol–water partition coefficient (Wildman–Crippen LogP) is 3.65. The lowest BCUT2D eigenvalue weighted by atomic mass is 10.2. The number of aromatic nitrogens is 2. The Balaban J connectivity index is 1.83. The molecule has 1 aromatic heterocycles. The van der Waals surface area contributed by atoms with Gasteiger partial charge in [-0.2, -0.15) is 0 Å². The molecule has 1 saturated heterocycles. The molecule has 0 aliphatic carbocycles. The Bertz CT molecular complexity index is 532. The largest absolute Gasteiger partial charge is 0.347 e. The number of benzene rings is 1. The van der Waals surface area contributed by atoms with Crippen LogP contribution in [0.1, 0.15) is 31.6 Å². The van der Waals surface area contributed by atoms with Gasteiger partial charge in [-0.3, -0.25) is 0 Å². The van der Waals surface area contributed by atoms with Crippen LogP contribution in [-0.4, -0.2) is 16.0 Å². The molecular weight excluding hydrogens is 290 g/mol. The monoisotopic (exact) mass is 305 g/mol. The van der Waals surface area contributed by atoms with Crippen LogP contribution in [0, 0.1) is 0 Å². The van der Waals surface area contributed by atoms with Gasteiger partial charge in [-0.25, -0.2) is 4.98 Å². The summed E-state index contributed by atoms with van der Waals surface area (Å²) in [5, 5.41) is 3.54. The zero-order valence-electron chi connectivity index (χ0n) is 10.3. The predicted molar refractivity (Wildman–Crippen MR) is 76.3 cm³/mol. The Morgan fingerprint density at radius 2 is 2.00 bits per heavy atom. The van der Waals surface area contributed by atoms with E-state index in [-0.39, 0.29) is 0 Å². The van der Waals surface area contributed by atoms with E-state index in [1.54, 1.807) is 0 Å². The number of halogens is 1. The van der Waals surface area contributed by atoms with Crippen molar-refractivity contribution in [1.29, 1.82) is 0 Å². The summed E-state index contributed by atoms with van der Waals surface area (Å²) in [4.78, 5) is 7.99. The van der Waals surface area contributed by atoms with Gasteiger partial charge in [0.15, 0.2) is 0 Å². The minimum atomic E-state index is 0.379. The molecule has 2 heterocycles. The van der Waals surface area contributed by atoms with E-state index in [0.717, 1.165) is 28.0 Å². The van der Waals surface area contributed by atoms with Crippen LogP contribution in [0.5, 0.6) is 0 Å². The van der Waals surface area contributed by atoms with E-state index in [1.165, 1.54) is 6.42 Å². The highest BCUT2D eigenvalue weighted by Gasteiger charge is 2.23. The van der Waals surface area contributed by atoms with Gasteiger partial charge in [0, 0.05) is 22.3 Å². The van der Waals surface area contributed by atoms with Crippen molar-refractivity contribution in [3.05, 3.63) is 40.8 Å². The number of H-pyrrole nitrogens is 1. The fourth-order valence-electron chi connectivity index (χ4n) is 2.43. The van der Waals surface area contributed by atoms with E-state index in [1.807, 2.05) is 18.3 Å². The quantitative estimate of drug-likeness (QED) is 0.889. The summed E-state index contributed by atoms with van der Waals surface area (Å²) in [5.74, 6) is 1.05. The van der Waals surface area contributed by atoms with Gasteiger partial charge in [0.2, 0.25) is 0 Å². The fraction of sp³-hybridized carbons (Fsp3) is 0.357. The molecule has 4 heteroatoms. The van der Waals surface area contributed by atoms with E-state index < -0.39 is 0 Å². The Morgan fingerprint density at radius 3 is 2.67 bits per heavy atom. The third-order valence-electron chi connectivity index (χ3n) is 3.44. The average Bonchev–Trinajstić information content (AvgIpc) is 2.98. The van der Waals surface area contributed by atoms with Crippen molar-refractivity contribution in [3.63, 3.8) is 0 Å². The number of rotatable bonds is 2. The van der Waals surface area contributed by atoms with Crippen LogP contribution in [0.3, 0.4) is 0 Å². The maximum absolute atomic E-state index is 4.69. The van der Waals surface area contributed by atoms with Crippen LogP contribution in [0.2, 0.25) is 0 Å². The molecule has 94 valence electrons. The summed E-state index contributed by atoms with van der Waals surface area (Å²) in [6.07, 6.45) is 4.37. The van der Waals surface area contributed by atoms with Gasteiger partial charge in [-0.15, -0.1) is 0 Å². The molecule has 0 saturated carbocycles. The van der Waals surface area contributed by atoms with Crippen LogP contribution in [0.15, 0.2) is 34.9 Å². The summed E-state index contributed by atoms with van der Waals surface area (Å²) in [6, 6.07) is 9.21. The molecule has 0 unspecified atom stereocenters. The maximum Gasteiger partial charge on any atom is 0.124 e. The van der Waals surface area contributed by atoms with E-state index in [2.05, 4.69) is 45.3 Å². The lowest BCUT2D eigenvalue weighted by Gasteiger charge is -2.07. The Kier molecular flexibility index (Phi) is 3.22. The molecule has 3 nitrogen and oxygen atoms in total. The molecule has 0 bridgehead atoms. The molecule has 3 rings (SSSR count). The first-order chi connectivity index (χ1) is 8.72. The summed E-state index contributed by atoms with van der Waals surface area (Å²) < 4.78 is 1.09. The molecule has 0 spiro atoms. The van der Waals surface area contributed by atoms with Crippen molar-refractivity contribution in [2.75, 3.05) is 0 Å². The Labute approximate surface area is 115 Å². The van der Waals surface area contributed by atoms with Crippen molar-refractivity contribution in [1.82, 2.24) is 15.3 Å². The summed E-state index contributed by atoms with van der Waals surface area (Å²) in [7, 11) is 0. The van der Waals surface area contributed by atoms with Crippen molar-refractivity contribution < 1.29 is 0 Å². The van der Waals surface area contributed by atoms with E-state index in [0.29, 0.717) is 12.1 Å². The lowest BCUT2D eigenvalue weighted by molar-refractivity contribution is 0.564. The molecule has 1 aromatic carbocycles. The van der Waals surface area contributed by atoms with Crippen LogP contribution >= 0.6 is 15.9 Å². The SMILES string of the molecule is C[C@H]1CC[C@@H](c2nc(-c3ccc(Br)cc3)c[nH]2)N1. The number of hydrogen-bond acceptors (Lipinski definition) is 2. The molecule has 2 atom stereocenters. The standard InChI is InChI=1S/C14H16BrN3/c1-9-2-7-12(17-9)14-16-8-13(18-14)10-3-5-11(15)6-4-10/h3-6,8-9,12,17H,2,7H2,1H3,(H,16,18)/t9-,12-/m0/s1. The Hall–Kier alpha value is -1.13. The van der Waals surface area contributed by atoms with Gasteiger partial charge in [0.25, 0.3) is 0 Å². The van der Waals surface area contributed by atoms with E-state index in [4.69, 9.17) is 4.98 Å². The van der Waals surface area contributed by atoms with Crippen molar-refractivity contribution in [2.45, 2.75) is 31.8 Å². The van der Waals surface area contributed by atoms with E-state index in [9.17, 15) is 0 Å². The van der Waals surface area contributed by atoms with Gasteiger partial charge in [-0.1, -0.05) is 28.1 Å². The van der Waals surface area contributed by atoms with Crippen molar-refractivity contribution in [3.8, 4) is 11.3 Å². The zero-order valence-corrected chi connectivity index (χ0v) is 11.9. The molecule has 2 N–H and O–H groups in total. The number of nitrogens with one attached hydrogen (secondary N) is 2. The van der Waals surface area contributed by atoms with Crippen LogP contribution in [0.25, 0.3) is 11.3 Å². The highest BCUT2D eigenvalue weighted by molar-refractivity contribution is 9.10. The maximum atomic E-state index is 4.69. The van der Waals surface area contributed by atoms with Gasteiger partial charge >= 0.3 is 0 Å². The van der Waals surface area contributed by atoms with Crippen LogP contribution < -0.4 is 5.32 Å². The first-order valence-electron chi connectivity index (χ1n) is 6.29. The third-order valence-corrected chi connectivity index (χ3v) is 3.97. The third kappa shape index (κ3) is 2.35. The normalized spacial score (nSPS) is 23.4. The van der Waals surface area contributed by atoms with Gasteiger partial charge in [0.1, 0.15) is 5.82 Å². The number of aromatic amines is 1. The average molecular weight is 306 g/mol. The fourth-order valence-corrected chi connectivity index (χ4v) is 2.69. The molecule has 2 aromatic rings. The molecule has 0 amide bonds. The minimum absolute atomic E-state index is 0.379. The number of hydrogen-bond donors (Lipinski definition) is 2. The van der Waals surface area contributed by atoms with Crippen LogP contribution in [-0.2, 0) is 0 Å².